The minimum atomic E-state index is -0.254. The monoisotopic (exact) mass is 303 g/mol. The Kier molecular flexibility index (Phi) is 5.21. The first-order valence-corrected chi connectivity index (χ1v) is 7.34. The van der Waals surface area contributed by atoms with E-state index < -0.39 is 0 Å². The van der Waals surface area contributed by atoms with Crippen LogP contribution in [-0.4, -0.2) is 43.9 Å². The van der Waals surface area contributed by atoms with E-state index in [1.165, 1.54) is 0 Å². The largest absolute Gasteiger partial charge is 0.394 e. The van der Waals surface area contributed by atoms with Crippen LogP contribution in [0.2, 0.25) is 0 Å². The molecule has 0 bridgehead atoms. The molecule has 2 rings (SSSR count). The number of tetrazole rings is 1. The molecular formula is C15H21N5O2. The van der Waals surface area contributed by atoms with E-state index in [9.17, 15) is 9.90 Å². The van der Waals surface area contributed by atoms with Crippen molar-refractivity contribution in [3.63, 3.8) is 0 Å². The summed E-state index contributed by atoms with van der Waals surface area (Å²) in [5, 5.41) is 23.6. The van der Waals surface area contributed by atoms with Gasteiger partial charge in [-0.25, -0.2) is 0 Å². The van der Waals surface area contributed by atoms with Crippen LogP contribution in [0.3, 0.4) is 0 Å². The van der Waals surface area contributed by atoms with Gasteiger partial charge in [-0.05, 0) is 41.5 Å². The third kappa shape index (κ3) is 3.48. The fourth-order valence-corrected chi connectivity index (χ4v) is 2.15. The molecule has 1 aromatic carbocycles. The molecule has 1 heterocycles. The molecular weight excluding hydrogens is 282 g/mol. The summed E-state index contributed by atoms with van der Waals surface area (Å²) in [6.07, 6.45) is 0.884. The number of hydrogen-bond acceptors (Lipinski definition) is 5. The predicted molar refractivity (Wildman–Crippen MR) is 81.7 cm³/mol. The number of aryl methyl sites for hydroxylation is 1. The molecule has 0 aliphatic carbocycles. The van der Waals surface area contributed by atoms with Crippen molar-refractivity contribution in [3.05, 3.63) is 35.7 Å². The predicted octanol–water partition coefficient (Wildman–Crippen LogP) is 1.11. The molecule has 0 aliphatic rings. The van der Waals surface area contributed by atoms with Crippen molar-refractivity contribution >= 4 is 5.91 Å². The Labute approximate surface area is 129 Å². The Morgan fingerprint density at radius 1 is 1.45 bits per heavy atom. The molecule has 118 valence electrons. The summed E-state index contributed by atoms with van der Waals surface area (Å²) >= 11 is 0. The zero-order chi connectivity index (χ0) is 16.1. The van der Waals surface area contributed by atoms with Crippen LogP contribution < -0.4 is 5.32 Å². The van der Waals surface area contributed by atoms with Crippen molar-refractivity contribution in [2.24, 2.45) is 5.92 Å². The standard InChI is InChI=1S/C15H21N5O2/c1-4-10(2)14(9-21)16-15(22)12-6-5-7-13(8-12)20-11(3)17-18-19-20/h5-8,10,14,21H,4,9H2,1-3H3,(H,16,22)/t10-,14-/m1/s1. The summed E-state index contributed by atoms with van der Waals surface area (Å²) in [4.78, 5) is 12.4. The SMILES string of the molecule is CC[C@@H](C)[C@@H](CO)NC(=O)c1cccc(-n2nnnc2C)c1. The molecule has 7 nitrogen and oxygen atoms in total. The van der Waals surface area contributed by atoms with Gasteiger partial charge in [-0.2, -0.15) is 4.68 Å². The van der Waals surface area contributed by atoms with Crippen molar-refractivity contribution in [2.75, 3.05) is 6.61 Å². The van der Waals surface area contributed by atoms with Crippen LogP contribution >= 0.6 is 0 Å². The zero-order valence-corrected chi connectivity index (χ0v) is 13.0. The highest BCUT2D eigenvalue weighted by atomic mass is 16.3. The van der Waals surface area contributed by atoms with Crippen molar-refractivity contribution < 1.29 is 9.90 Å². The van der Waals surface area contributed by atoms with Crippen LogP contribution in [0, 0.1) is 12.8 Å². The Morgan fingerprint density at radius 3 is 2.82 bits per heavy atom. The van der Waals surface area contributed by atoms with E-state index >= 15 is 0 Å². The number of amides is 1. The van der Waals surface area contributed by atoms with Gasteiger partial charge < -0.3 is 10.4 Å². The molecule has 0 unspecified atom stereocenters. The Morgan fingerprint density at radius 2 is 2.23 bits per heavy atom. The number of nitrogens with one attached hydrogen (secondary N) is 1. The van der Waals surface area contributed by atoms with Gasteiger partial charge in [-0.1, -0.05) is 26.3 Å². The number of aliphatic hydroxyl groups excluding tert-OH is 1. The number of aromatic nitrogens is 4. The van der Waals surface area contributed by atoms with Gasteiger partial charge in [0.15, 0.2) is 5.82 Å². The van der Waals surface area contributed by atoms with E-state index in [4.69, 9.17) is 0 Å². The Hall–Kier alpha value is -2.28. The number of benzene rings is 1. The Balaban J connectivity index is 2.19. The lowest BCUT2D eigenvalue weighted by molar-refractivity contribution is 0.0891. The van der Waals surface area contributed by atoms with E-state index in [1.54, 1.807) is 29.8 Å². The molecule has 1 amide bonds. The van der Waals surface area contributed by atoms with Crippen molar-refractivity contribution in [2.45, 2.75) is 33.2 Å². The van der Waals surface area contributed by atoms with Crippen LogP contribution in [-0.2, 0) is 0 Å². The van der Waals surface area contributed by atoms with E-state index in [0.717, 1.165) is 12.1 Å². The lowest BCUT2D eigenvalue weighted by atomic mass is 9.99. The van der Waals surface area contributed by atoms with Crippen LogP contribution in [0.15, 0.2) is 24.3 Å². The normalized spacial score (nSPS) is 13.6. The van der Waals surface area contributed by atoms with Crippen molar-refractivity contribution in [1.29, 1.82) is 0 Å². The lowest BCUT2D eigenvalue weighted by Gasteiger charge is -2.22. The molecule has 22 heavy (non-hydrogen) atoms. The van der Waals surface area contributed by atoms with E-state index in [0.29, 0.717) is 11.4 Å². The maximum absolute atomic E-state index is 12.4. The van der Waals surface area contributed by atoms with Crippen molar-refractivity contribution in [3.8, 4) is 5.69 Å². The fraction of sp³-hybridized carbons (Fsp3) is 0.467. The number of rotatable bonds is 6. The van der Waals surface area contributed by atoms with Gasteiger partial charge in [0.05, 0.1) is 18.3 Å². The number of nitrogens with zero attached hydrogens (tertiary/aromatic N) is 4. The van der Waals surface area contributed by atoms with Gasteiger partial charge in [-0.15, -0.1) is 5.10 Å². The lowest BCUT2D eigenvalue weighted by Crippen LogP contribution is -2.41. The van der Waals surface area contributed by atoms with Crippen LogP contribution in [0.1, 0.15) is 36.5 Å². The molecule has 2 aromatic rings. The minimum Gasteiger partial charge on any atom is -0.394 e. The average Bonchev–Trinajstić information content (AvgIpc) is 2.97. The van der Waals surface area contributed by atoms with E-state index in [2.05, 4.69) is 20.8 Å². The second-order valence-electron chi connectivity index (χ2n) is 5.34. The first-order valence-electron chi connectivity index (χ1n) is 7.34. The molecule has 0 saturated heterocycles. The van der Waals surface area contributed by atoms with Crippen LogP contribution in [0.5, 0.6) is 0 Å². The highest BCUT2D eigenvalue weighted by Gasteiger charge is 2.18. The molecule has 2 atom stereocenters. The summed E-state index contributed by atoms with van der Waals surface area (Å²) in [7, 11) is 0. The average molecular weight is 303 g/mol. The Bertz CT molecular complexity index is 640. The molecule has 0 aliphatic heterocycles. The van der Waals surface area contributed by atoms with Gasteiger partial charge in [0.2, 0.25) is 0 Å². The first kappa shape index (κ1) is 16.1. The first-order chi connectivity index (χ1) is 10.6. The maximum Gasteiger partial charge on any atom is 0.251 e. The molecule has 0 radical (unpaired) electrons. The highest BCUT2D eigenvalue weighted by molar-refractivity contribution is 5.94. The molecule has 0 saturated carbocycles. The summed E-state index contributed by atoms with van der Waals surface area (Å²) in [5.41, 5.74) is 1.23. The van der Waals surface area contributed by atoms with Crippen LogP contribution in [0.4, 0.5) is 0 Å². The number of hydrogen-bond donors (Lipinski definition) is 2. The second kappa shape index (κ2) is 7.13. The van der Waals surface area contributed by atoms with Gasteiger partial charge in [-0.3, -0.25) is 4.79 Å². The summed E-state index contributed by atoms with van der Waals surface area (Å²) in [6.45, 7) is 5.74. The zero-order valence-electron chi connectivity index (χ0n) is 13.0. The fourth-order valence-electron chi connectivity index (χ4n) is 2.15. The second-order valence-corrected chi connectivity index (χ2v) is 5.34. The third-order valence-corrected chi connectivity index (χ3v) is 3.82. The minimum absolute atomic E-state index is 0.0768. The smallest absolute Gasteiger partial charge is 0.251 e. The summed E-state index contributed by atoms with van der Waals surface area (Å²) in [6, 6.07) is 6.81. The van der Waals surface area contributed by atoms with Gasteiger partial charge in [0.1, 0.15) is 0 Å². The topological polar surface area (TPSA) is 92.9 Å². The molecule has 0 fully saturated rings. The van der Waals surface area contributed by atoms with Gasteiger partial charge in [0.25, 0.3) is 5.91 Å². The number of aliphatic hydroxyl groups is 1. The quantitative estimate of drug-likeness (QED) is 0.834. The number of carbonyl (C=O) groups excluding carboxylic acids is 1. The summed E-state index contributed by atoms with van der Waals surface area (Å²) < 4.78 is 1.56. The highest BCUT2D eigenvalue weighted by Crippen LogP contribution is 2.12. The molecule has 7 heteroatoms. The number of carbonyl (C=O) groups is 1. The van der Waals surface area contributed by atoms with Crippen LogP contribution in [0.25, 0.3) is 5.69 Å². The van der Waals surface area contributed by atoms with Gasteiger partial charge in [0, 0.05) is 5.56 Å². The van der Waals surface area contributed by atoms with E-state index in [1.807, 2.05) is 19.9 Å². The maximum atomic E-state index is 12.4. The molecule has 0 spiro atoms. The third-order valence-electron chi connectivity index (χ3n) is 3.82. The van der Waals surface area contributed by atoms with Gasteiger partial charge >= 0.3 is 0 Å². The van der Waals surface area contributed by atoms with E-state index in [-0.39, 0.29) is 24.5 Å². The summed E-state index contributed by atoms with van der Waals surface area (Å²) in [5.74, 6) is 0.635. The molecule has 1 aromatic heterocycles. The molecule has 2 N–H and O–H groups in total. The van der Waals surface area contributed by atoms with Crippen molar-refractivity contribution in [1.82, 2.24) is 25.5 Å².